The number of ether oxygens (including phenoxy) is 1. The number of hydrogen-bond acceptors (Lipinski definition) is 4. The molecule has 3 atom stereocenters. The molecule has 0 radical (unpaired) electrons. The van der Waals surface area contributed by atoms with Gasteiger partial charge < -0.3 is 15.0 Å². The Labute approximate surface area is 176 Å². The van der Waals surface area contributed by atoms with Crippen molar-refractivity contribution in [3.63, 3.8) is 0 Å². The molecule has 2 amide bonds. The van der Waals surface area contributed by atoms with Gasteiger partial charge in [-0.25, -0.2) is 13.2 Å². The molecule has 7 nitrogen and oxygen atoms in total. The minimum absolute atomic E-state index is 0.175. The van der Waals surface area contributed by atoms with Gasteiger partial charge >= 0.3 is 6.03 Å². The number of urea groups is 1. The summed E-state index contributed by atoms with van der Waals surface area (Å²) in [5, 5.41) is 2.36. The van der Waals surface area contributed by atoms with Crippen LogP contribution in [0.25, 0.3) is 0 Å². The predicted molar refractivity (Wildman–Crippen MR) is 112 cm³/mol. The van der Waals surface area contributed by atoms with Gasteiger partial charge in [-0.1, -0.05) is 60.7 Å². The first kappa shape index (κ1) is 19.5. The normalized spacial score (nSPS) is 29.5. The number of carbonyl (C=O) groups is 1. The first-order valence-electron chi connectivity index (χ1n) is 10.2. The summed E-state index contributed by atoms with van der Waals surface area (Å²) in [5.41, 5.74) is 1.12. The van der Waals surface area contributed by atoms with E-state index in [1.54, 1.807) is 4.90 Å². The summed E-state index contributed by atoms with van der Waals surface area (Å²) < 4.78 is 34.2. The van der Waals surface area contributed by atoms with Crippen LogP contribution in [0.4, 0.5) is 4.79 Å². The molecule has 3 saturated heterocycles. The number of hydrogen-bond donors (Lipinski definition) is 1. The van der Waals surface area contributed by atoms with Crippen LogP contribution in [0.5, 0.6) is 0 Å². The van der Waals surface area contributed by atoms with E-state index in [0.29, 0.717) is 32.6 Å². The molecule has 8 heteroatoms. The highest BCUT2D eigenvalue weighted by molar-refractivity contribution is 7.90. The van der Waals surface area contributed by atoms with E-state index in [-0.39, 0.29) is 18.7 Å². The minimum atomic E-state index is -3.48. The number of likely N-dealkylation sites (tertiary alicyclic amines) is 1. The number of carbonyl (C=O) groups excluding carboxylic acids is 1. The van der Waals surface area contributed by atoms with E-state index >= 15 is 0 Å². The molecule has 2 aromatic carbocycles. The molecule has 1 spiro atoms. The van der Waals surface area contributed by atoms with Gasteiger partial charge in [0.1, 0.15) is 10.9 Å². The molecule has 2 bridgehead atoms. The molecule has 2 aromatic rings. The highest BCUT2D eigenvalue weighted by atomic mass is 32.2. The maximum atomic E-state index is 13.2. The maximum Gasteiger partial charge on any atom is 0.317 e. The van der Waals surface area contributed by atoms with Gasteiger partial charge in [0.05, 0.1) is 12.6 Å². The van der Waals surface area contributed by atoms with E-state index in [4.69, 9.17) is 4.74 Å². The monoisotopic (exact) mass is 427 g/mol. The van der Waals surface area contributed by atoms with Crippen LogP contribution in [0.3, 0.4) is 0 Å². The summed E-state index contributed by atoms with van der Waals surface area (Å²) >= 11 is 0. The molecule has 0 unspecified atom stereocenters. The Balaban J connectivity index is 1.31. The molecular weight excluding hydrogens is 402 g/mol. The lowest BCUT2D eigenvalue weighted by Crippen LogP contribution is -2.58. The van der Waals surface area contributed by atoms with Crippen LogP contribution in [-0.4, -0.2) is 60.2 Å². The van der Waals surface area contributed by atoms with Crippen LogP contribution in [0, 0.1) is 0 Å². The average molecular weight is 428 g/mol. The van der Waals surface area contributed by atoms with Crippen molar-refractivity contribution in [3.05, 3.63) is 71.8 Å². The largest absolute Gasteiger partial charge is 0.365 e. The van der Waals surface area contributed by atoms with E-state index < -0.39 is 20.9 Å². The molecule has 3 aliphatic heterocycles. The number of rotatable bonds is 4. The number of sulfonamides is 1. The van der Waals surface area contributed by atoms with Gasteiger partial charge in [-0.3, -0.25) is 0 Å². The molecule has 5 rings (SSSR count). The van der Waals surface area contributed by atoms with Crippen molar-refractivity contribution in [2.24, 2.45) is 0 Å². The average Bonchev–Trinajstić information content (AvgIpc) is 3.12. The van der Waals surface area contributed by atoms with Gasteiger partial charge in [-0.15, -0.1) is 0 Å². The van der Waals surface area contributed by atoms with E-state index in [1.807, 2.05) is 60.7 Å². The third-order valence-corrected chi connectivity index (χ3v) is 8.61. The summed E-state index contributed by atoms with van der Waals surface area (Å²) in [7, 11) is -3.48. The van der Waals surface area contributed by atoms with Crippen molar-refractivity contribution in [2.45, 2.75) is 36.5 Å². The molecule has 3 fully saturated rings. The third-order valence-electron chi connectivity index (χ3n) is 6.29. The zero-order valence-corrected chi connectivity index (χ0v) is 17.4. The first-order valence-corrected chi connectivity index (χ1v) is 11.7. The molecule has 0 aliphatic carbocycles. The first-order chi connectivity index (χ1) is 14.5. The molecular formula is C22H25N3O4S. The van der Waals surface area contributed by atoms with E-state index in [2.05, 4.69) is 5.32 Å². The summed E-state index contributed by atoms with van der Waals surface area (Å²) in [6, 6.07) is 19.1. The van der Waals surface area contributed by atoms with Crippen LogP contribution in [0.1, 0.15) is 17.5 Å². The fourth-order valence-electron chi connectivity index (χ4n) is 4.92. The van der Waals surface area contributed by atoms with Gasteiger partial charge in [0, 0.05) is 26.2 Å². The Bertz CT molecular complexity index is 1030. The number of fused-ring (bicyclic) bond motifs is 1. The summed E-state index contributed by atoms with van der Waals surface area (Å²) in [6.07, 6.45) is 0.204. The number of benzene rings is 2. The fraction of sp³-hybridized carbons (Fsp3) is 0.409. The second-order valence-electron chi connectivity index (χ2n) is 8.35. The second kappa shape index (κ2) is 7.37. The fourth-order valence-corrected chi connectivity index (χ4v) is 7.21. The van der Waals surface area contributed by atoms with Crippen molar-refractivity contribution >= 4 is 16.1 Å². The van der Waals surface area contributed by atoms with Crippen LogP contribution in [-0.2, 0) is 27.8 Å². The topological polar surface area (TPSA) is 79.0 Å². The van der Waals surface area contributed by atoms with Gasteiger partial charge in [-0.05, 0) is 17.5 Å². The molecule has 3 heterocycles. The third kappa shape index (κ3) is 3.38. The standard InChI is InChI=1S/C22H25N3O4S/c26-21(23-12-17-7-3-1-4-8-17)24-14-19-11-20-22(15-24,29-19)16-25(30(20,27)28)13-18-9-5-2-6-10-18/h1-10,19-20H,11-16H2,(H,23,26)/t19-,20+,22+/m0/s1. The number of morpholine rings is 1. The predicted octanol–water partition coefficient (Wildman–Crippen LogP) is 1.95. The van der Waals surface area contributed by atoms with E-state index in [0.717, 1.165) is 11.1 Å². The lowest BCUT2D eigenvalue weighted by molar-refractivity contribution is -0.0958. The van der Waals surface area contributed by atoms with Crippen molar-refractivity contribution in [3.8, 4) is 0 Å². The van der Waals surface area contributed by atoms with Gasteiger partial charge in [0.15, 0.2) is 0 Å². The van der Waals surface area contributed by atoms with E-state index in [1.165, 1.54) is 4.31 Å². The van der Waals surface area contributed by atoms with Gasteiger partial charge in [-0.2, -0.15) is 4.31 Å². The highest BCUT2D eigenvalue weighted by Crippen LogP contribution is 2.46. The molecule has 0 saturated carbocycles. The molecule has 0 aromatic heterocycles. The number of amides is 2. The van der Waals surface area contributed by atoms with Crippen molar-refractivity contribution in [1.29, 1.82) is 0 Å². The molecule has 30 heavy (non-hydrogen) atoms. The van der Waals surface area contributed by atoms with Crippen molar-refractivity contribution < 1.29 is 17.9 Å². The molecule has 3 aliphatic rings. The highest BCUT2D eigenvalue weighted by Gasteiger charge is 2.65. The lowest BCUT2D eigenvalue weighted by atomic mass is 9.99. The molecule has 1 N–H and O–H groups in total. The van der Waals surface area contributed by atoms with Gasteiger partial charge in [0.25, 0.3) is 0 Å². The maximum absolute atomic E-state index is 13.2. The quantitative estimate of drug-likeness (QED) is 0.809. The Morgan fingerprint density at radius 1 is 1.03 bits per heavy atom. The number of nitrogens with zero attached hydrogens (tertiary/aromatic N) is 2. The SMILES string of the molecule is O=C(NCc1ccccc1)N1C[C@@H]2C[C@@H]3[C@@](C1)(CN(Cc1ccccc1)S3(=O)=O)O2. The second-order valence-corrected chi connectivity index (χ2v) is 10.5. The van der Waals surface area contributed by atoms with Crippen LogP contribution < -0.4 is 5.32 Å². The summed E-state index contributed by atoms with van der Waals surface area (Å²) in [5.74, 6) is 0. The Morgan fingerprint density at radius 2 is 1.70 bits per heavy atom. The smallest absolute Gasteiger partial charge is 0.317 e. The Hall–Kier alpha value is -2.42. The minimum Gasteiger partial charge on any atom is -0.365 e. The van der Waals surface area contributed by atoms with Crippen LogP contribution in [0.15, 0.2) is 60.7 Å². The van der Waals surface area contributed by atoms with Gasteiger partial charge in [0.2, 0.25) is 10.0 Å². The molecule has 158 valence electrons. The van der Waals surface area contributed by atoms with Crippen molar-refractivity contribution in [2.75, 3.05) is 19.6 Å². The zero-order valence-electron chi connectivity index (χ0n) is 16.6. The van der Waals surface area contributed by atoms with E-state index in [9.17, 15) is 13.2 Å². The van der Waals surface area contributed by atoms with Crippen molar-refractivity contribution in [1.82, 2.24) is 14.5 Å². The summed E-state index contributed by atoms with van der Waals surface area (Å²) in [6.45, 7) is 1.77. The Morgan fingerprint density at radius 3 is 2.40 bits per heavy atom. The van der Waals surface area contributed by atoms with Crippen LogP contribution in [0.2, 0.25) is 0 Å². The lowest BCUT2D eigenvalue weighted by Gasteiger charge is -2.39. The number of nitrogens with one attached hydrogen (secondary N) is 1. The zero-order chi connectivity index (χ0) is 20.8. The Kier molecular flexibility index (Phi) is 4.80. The summed E-state index contributed by atoms with van der Waals surface area (Å²) in [4.78, 5) is 14.5. The van der Waals surface area contributed by atoms with Crippen LogP contribution >= 0.6 is 0 Å².